The largest absolute Gasteiger partial charge is 0.487 e. The molecule has 234 valence electrons. The van der Waals surface area contributed by atoms with Crippen molar-refractivity contribution >= 4 is 5.97 Å². The van der Waals surface area contributed by atoms with Gasteiger partial charge in [-0.3, -0.25) is 4.79 Å². The van der Waals surface area contributed by atoms with Crippen molar-refractivity contribution in [2.24, 2.45) is 17.8 Å². The molecule has 1 aromatic heterocycles. The van der Waals surface area contributed by atoms with Crippen molar-refractivity contribution in [2.75, 3.05) is 13.2 Å². The Bertz CT molecular complexity index is 1590. The zero-order valence-corrected chi connectivity index (χ0v) is 23.8. The molecule has 2 saturated carbocycles. The van der Waals surface area contributed by atoms with Crippen molar-refractivity contribution < 1.29 is 50.5 Å². The first-order valence-corrected chi connectivity index (χ1v) is 14.3. The molecule has 0 aliphatic heterocycles. The third-order valence-corrected chi connectivity index (χ3v) is 8.64. The summed E-state index contributed by atoms with van der Waals surface area (Å²) in [6, 6.07) is 4.20. The first-order chi connectivity index (χ1) is 20.8. The number of benzene rings is 2. The number of carbonyl (C=O) groups is 1. The fraction of sp³-hybridized carbons (Fsp3) is 0.438. The Morgan fingerprint density at radius 1 is 1.05 bits per heavy atom. The van der Waals surface area contributed by atoms with Gasteiger partial charge in [0, 0.05) is 23.7 Å². The molecular weight excluding hydrogens is 592 g/mol. The lowest BCUT2D eigenvalue weighted by atomic mass is 9.73. The number of hydrogen-bond acceptors (Lipinski definition) is 6. The lowest BCUT2D eigenvalue weighted by Gasteiger charge is -2.40. The van der Waals surface area contributed by atoms with Gasteiger partial charge < -0.3 is 19.3 Å². The monoisotopic (exact) mass is 621 g/mol. The van der Waals surface area contributed by atoms with E-state index in [9.17, 15) is 36.2 Å². The summed E-state index contributed by atoms with van der Waals surface area (Å²) in [6.07, 6.45) is -2.06. The molecule has 6 nitrogen and oxygen atoms in total. The van der Waals surface area contributed by atoms with Crippen LogP contribution in [0, 0.1) is 35.2 Å². The molecule has 3 aliphatic rings. The molecule has 0 amide bonds. The van der Waals surface area contributed by atoms with Crippen molar-refractivity contribution in [3.8, 4) is 22.8 Å². The molecule has 1 N–H and O–H groups in total. The van der Waals surface area contributed by atoms with Crippen molar-refractivity contribution in [3.63, 3.8) is 0 Å². The van der Waals surface area contributed by atoms with E-state index >= 15 is 0 Å². The second kappa shape index (κ2) is 11.0. The normalized spacial score (nSPS) is 25.1. The standard InChI is InChI=1S/C32H29F6NO5/c1-3-42-30(40)28-20-4-16-8-26(39-12-21(16)27(20)28)43-14-18-5-19(22(9-23(18)33)32(36,37)38)17-6-24(34)29(25(35)7-17)44-13-15-10-31(2,41)11-15/h5-9,12,15,20,27-28,41H,3-4,10-11,13-14H2,1-2H3/t15?,20-,27-,28+,31?/m1/s1. The summed E-state index contributed by atoms with van der Waals surface area (Å²) in [7, 11) is 0. The van der Waals surface area contributed by atoms with E-state index in [1.165, 1.54) is 0 Å². The quantitative estimate of drug-likeness (QED) is 0.210. The maximum absolute atomic E-state index is 14.9. The van der Waals surface area contributed by atoms with Gasteiger partial charge in [0.05, 0.1) is 30.3 Å². The van der Waals surface area contributed by atoms with E-state index in [1.807, 2.05) is 0 Å². The number of halogens is 6. The predicted molar refractivity (Wildman–Crippen MR) is 144 cm³/mol. The van der Waals surface area contributed by atoms with Crippen LogP contribution in [0.4, 0.5) is 26.3 Å². The fourth-order valence-corrected chi connectivity index (χ4v) is 6.62. The second-order valence-corrected chi connectivity index (χ2v) is 12.0. The van der Waals surface area contributed by atoms with Gasteiger partial charge in [0.2, 0.25) is 5.88 Å². The number of esters is 1. The summed E-state index contributed by atoms with van der Waals surface area (Å²) in [4.78, 5) is 16.3. The molecule has 0 spiro atoms. The molecule has 6 rings (SSSR count). The molecule has 44 heavy (non-hydrogen) atoms. The number of aromatic nitrogens is 1. The molecule has 0 saturated heterocycles. The van der Waals surface area contributed by atoms with Crippen molar-refractivity contribution in [2.45, 2.75) is 57.4 Å². The Labute approximate surface area is 249 Å². The molecule has 0 unspecified atom stereocenters. The molecule has 1 heterocycles. The minimum absolute atomic E-state index is 0.0210. The predicted octanol–water partition coefficient (Wildman–Crippen LogP) is 6.75. The lowest BCUT2D eigenvalue weighted by Crippen LogP contribution is -2.43. The number of carbonyl (C=O) groups excluding carboxylic acids is 1. The van der Waals surface area contributed by atoms with Crippen LogP contribution >= 0.6 is 0 Å². The van der Waals surface area contributed by atoms with E-state index in [1.54, 1.807) is 26.1 Å². The lowest BCUT2D eigenvalue weighted by molar-refractivity contribution is -0.145. The number of aliphatic hydroxyl groups is 1. The SMILES string of the molecule is CCOC(=O)[C@H]1[C@@H]2Cc3cc(OCc4cc(-c5cc(F)c(OCC6CC(C)(O)C6)c(F)c5)c(C(F)(F)F)cc4F)ncc3[C@@H]21. The minimum atomic E-state index is -5.03. The highest BCUT2D eigenvalue weighted by Gasteiger charge is 2.60. The summed E-state index contributed by atoms with van der Waals surface area (Å²) >= 11 is 0. The third kappa shape index (κ3) is 5.71. The maximum Gasteiger partial charge on any atom is 0.417 e. The Morgan fingerprint density at radius 3 is 2.39 bits per heavy atom. The Kier molecular flexibility index (Phi) is 7.54. The van der Waals surface area contributed by atoms with Gasteiger partial charge >= 0.3 is 12.1 Å². The zero-order valence-electron chi connectivity index (χ0n) is 23.8. The smallest absolute Gasteiger partial charge is 0.417 e. The number of nitrogens with zero attached hydrogens (tertiary/aromatic N) is 1. The number of alkyl halides is 3. The van der Waals surface area contributed by atoms with Gasteiger partial charge in [-0.1, -0.05) is 0 Å². The molecule has 3 atom stereocenters. The topological polar surface area (TPSA) is 77.9 Å². The number of ether oxygens (including phenoxy) is 3. The Morgan fingerprint density at radius 2 is 1.75 bits per heavy atom. The molecule has 3 aromatic rings. The zero-order chi connectivity index (χ0) is 31.6. The minimum Gasteiger partial charge on any atom is -0.487 e. The van der Waals surface area contributed by atoms with Gasteiger partial charge in [0.1, 0.15) is 12.4 Å². The van der Waals surface area contributed by atoms with Crippen LogP contribution in [0.3, 0.4) is 0 Å². The highest BCUT2D eigenvalue weighted by Crippen LogP contribution is 2.62. The van der Waals surface area contributed by atoms with Crippen LogP contribution in [0.25, 0.3) is 11.1 Å². The maximum atomic E-state index is 14.9. The molecule has 2 aromatic carbocycles. The molecule has 2 fully saturated rings. The molecule has 0 bridgehead atoms. The summed E-state index contributed by atoms with van der Waals surface area (Å²) in [5.41, 5.74) is -1.83. The average molecular weight is 622 g/mol. The first-order valence-electron chi connectivity index (χ1n) is 14.3. The van der Waals surface area contributed by atoms with Crippen LogP contribution in [-0.4, -0.2) is 34.9 Å². The van der Waals surface area contributed by atoms with Crippen molar-refractivity contribution in [1.29, 1.82) is 0 Å². The summed E-state index contributed by atoms with van der Waals surface area (Å²) in [6.45, 7) is 3.10. The summed E-state index contributed by atoms with van der Waals surface area (Å²) in [5.74, 6) is -4.70. The van der Waals surface area contributed by atoms with Crippen LogP contribution in [0.15, 0.2) is 36.5 Å². The second-order valence-electron chi connectivity index (χ2n) is 12.0. The van der Waals surface area contributed by atoms with Gasteiger partial charge in [0.15, 0.2) is 17.4 Å². The highest BCUT2D eigenvalue weighted by atomic mass is 19.4. The van der Waals surface area contributed by atoms with E-state index in [0.29, 0.717) is 38.0 Å². The molecular formula is C32H29F6NO5. The van der Waals surface area contributed by atoms with E-state index in [2.05, 4.69) is 4.98 Å². The van der Waals surface area contributed by atoms with Crippen LogP contribution in [0.5, 0.6) is 11.6 Å². The Balaban J connectivity index is 1.20. The van der Waals surface area contributed by atoms with Gasteiger partial charge in [-0.15, -0.1) is 0 Å². The van der Waals surface area contributed by atoms with Crippen LogP contribution in [0.2, 0.25) is 0 Å². The molecule has 12 heteroatoms. The van der Waals surface area contributed by atoms with E-state index in [0.717, 1.165) is 17.2 Å². The Hall–Kier alpha value is -3.80. The van der Waals surface area contributed by atoms with Gasteiger partial charge in [-0.25, -0.2) is 18.2 Å². The number of fused-ring (bicyclic) bond motifs is 3. The van der Waals surface area contributed by atoms with Crippen molar-refractivity contribution in [1.82, 2.24) is 4.98 Å². The van der Waals surface area contributed by atoms with Gasteiger partial charge in [0.25, 0.3) is 0 Å². The van der Waals surface area contributed by atoms with Crippen molar-refractivity contribution in [3.05, 3.63) is 76.2 Å². The van der Waals surface area contributed by atoms with E-state index in [-0.39, 0.29) is 53.8 Å². The summed E-state index contributed by atoms with van der Waals surface area (Å²) in [5, 5.41) is 9.83. The van der Waals surface area contributed by atoms with E-state index in [4.69, 9.17) is 14.2 Å². The number of rotatable bonds is 9. The van der Waals surface area contributed by atoms with E-state index < -0.39 is 58.3 Å². The third-order valence-electron chi connectivity index (χ3n) is 8.64. The molecule has 3 aliphatic carbocycles. The van der Waals surface area contributed by atoms with Crippen LogP contribution < -0.4 is 9.47 Å². The number of pyridine rings is 1. The summed E-state index contributed by atoms with van der Waals surface area (Å²) < 4.78 is 102. The van der Waals surface area contributed by atoms with Crippen LogP contribution in [-0.2, 0) is 28.7 Å². The molecule has 0 radical (unpaired) electrons. The average Bonchev–Trinajstić information content (AvgIpc) is 3.51. The van der Waals surface area contributed by atoms with Gasteiger partial charge in [-0.2, -0.15) is 13.2 Å². The fourth-order valence-electron chi connectivity index (χ4n) is 6.62. The van der Waals surface area contributed by atoms with Crippen LogP contribution in [0.1, 0.15) is 54.9 Å². The van der Waals surface area contributed by atoms with Gasteiger partial charge in [-0.05, 0) is 91.5 Å². The highest BCUT2D eigenvalue weighted by molar-refractivity contribution is 5.79. The number of hydrogen-bond donors (Lipinski definition) is 1. The first kappa shape index (κ1) is 30.2.